The van der Waals surface area contributed by atoms with Gasteiger partial charge in [0.05, 0.1) is 4.90 Å². The zero-order valence-corrected chi connectivity index (χ0v) is 12.4. The summed E-state index contributed by atoms with van der Waals surface area (Å²) < 4.78 is 27.1. The number of benzene rings is 1. The third-order valence-electron chi connectivity index (χ3n) is 3.93. The highest BCUT2D eigenvalue weighted by atomic mass is 32.2. The molecule has 0 aliphatic heterocycles. The van der Waals surface area contributed by atoms with Crippen molar-refractivity contribution in [2.24, 2.45) is 5.92 Å². The average molecular weight is 281 g/mol. The van der Waals surface area contributed by atoms with Crippen LogP contribution in [0.15, 0.2) is 29.2 Å². The Morgan fingerprint density at radius 1 is 1.11 bits per heavy atom. The SMILES string of the molecule is CCc1ccc(S(=O)(=O)NCC2CCCCC2)cc1. The molecule has 0 saturated heterocycles. The zero-order chi connectivity index (χ0) is 13.7. The first kappa shape index (κ1) is 14.5. The minimum Gasteiger partial charge on any atom is -0.211 e. The summed E-state index contributed by atoms with van der Waals surface area (Å²) in [6.07, 6.45) is 6.99. The molecule has 2 rings (SSSR count). The molecule has 0 aromatic heterocycles. The van der Waals surface area contributed by atoms with E-state index < -0.39 is 10.0 Å². The fraction of sp³-hybridized carbons (Fsp3) is 0.600. The van der Waals surface area contributed by atoms with Crippen molar-refractivity contribution in [1.82, 2.24) is 4.72 Å². The smallest absolute Gasteiger partial charge is 0.211 e. The third kappa shape index (κ3) is 4.05. The van der Waals surface area contributed by atoms with Crippen molar-refractivity contribution in [2.45, 2.75) is 50.3 Å². The Hall–Kier alpha value is -0.870. The molecule has 106 valence electrons. The minimum atomic E-state index is -3.33. The van der Waals surface area contributed by atoms with Crippen LogP contribution in [-0.4, -0.2) is 15.0 Å². The molecule has 0 bridgehead atoms. The molecule has 1 aliphatic carbocycles. The highest BCUT2D eigenvalue weighted by Crippen LogP contribution is 2.23. The van der Waals surface area contributed by atoms with Gasteiger partial charge in [-0.25, -0.2) is 13.1 Å². The van der Waals surface area contributed by atoms with E-state index in [4.69, 9.17) is 0 Å². The van der Waals surface area contributed by atoms with Gasteiger partial charge in [-0.2, -0.15) is 0 Å². The molecule has 1 fully saturated rings. The first-order valence-electron chi connectivity index (χ1n) is 7.20. The second kappa shape index (κ2) is 6.53. The maximum Gasteiger partial charge on any atom is 0.240 e. The Morgan fingerprint density at radius 3 is 2.32 bits per heavy atom. The average Bonchev–Trinajstić information content (AvgIpc) is 2.46. The molecule has 0 heterocycles. The van der Waals surface area contributed by atoms with Crippen LogP contribution in [0.2, 0.25) is 0 Å². The van der Waals surface area contributed by atoms with Crippen LogP contribution < -0.4 is 4.72 Å². The van der Waals surface area contributed by atoms with Crippen LogP contribution in [-0.2, 0) is 16.4 Å². The van der Waals surface area contributed by atoms with Crippen LogP contribution >= 0.6 is 0 Å². The summed E-state index contributed by atoms with van der Waals surface area (Å²) in [7, 11) is -3.33. The number of rotatable bonds is 5. The van der Waals surface area contributed by atoms with E-state index in [2.05, 4.69) is 11.6 Å². The van der Waals surface area contributed by atoms with Gasteiger partial charge in [0.25, 0.3) is 0 Å². The van der Waals surface area contributed by atoms with Crippen LogP contribution in [0.25, 0.3) is 0 Å². The summed E-state index contributed by atoms with van der Waals surface area (Å²) >= 11 is 0. The lowest BCUT2D eigenvalue weighted by Gasteiger charge is -2.21. The van der Waals surface area contributed by atoms with Crippen LogP contribution in [0.3, 0.4) is 0 Å². The second-order valence-electron chi connectivity index (χ2n) is 5.35. The van der Waals surface area contributed by atoms with Crippen LogP contribution in [0.5, 0.6) is 0 Å². The van der Waals surface area contributed by atoms with Gasteiger partial charge in [-0.1, -0.05) is 38.3 Å². The fourth-order valence-corrected chi connectivity index (χ4v) is 3.72. The van der Waals surface area contributed by atoms with Crippen molar-refractivity contribution in [2.75, 3.05) is 6.54 Å². The largest absolute Gasteiger partial charge is 0.240 e. The predicted molar refractivity (Wildman–Crippen MR) is 77.6 cm³/mol. The Balaban J connectivity index is 1.96. The standard InChI is InChI=1S/C15H23NO2S/c1-2-13-8-10-15(11-9-13)19(17,18)16-12-14-6-4-3-5-7-14/h8-11,14,16H,2-7,12H2,1H3. The molecule has 3 nitrogen and oxygen atoms in total. The Labute approximate surface area is 116 Å². The van der Waals surface area contributed by atoms with Gasteiger partial charge in [-0.3, -0.25) is 0 Å². The van der Waals surface area contributed by atoms with Crippen LogP contribution in [0.4, 0.5) is 0 Å². The first-order chi connectivity index (χ1) is 9.12. The third-order valence-corrected chi connectivity index (χ3v) is 5.37. The molecule has 1 aliphatic rings. The number of hydrogen-bond acceptors (Lipinski definition) is 2. The van der Waals surface area contributed by atoms with Crippen molar-refractivity contribution in [1.29, 1.82) is 0 Å². The quantitative estimate of drug-likeness (QED) is 0.901. The summed E-state index contributed by atoms with van der Waals surface area (Å²) in [5, 5.41) is 0. The summed E-state index contributed by atoms with van der Waals surface area (Å²) in [6.45, 7) is 2.64. The Bertz CT molecular complexity index is 487. The van der Waals surface area contributed by atoms with Crippen molar-refractivity contribution in [3.8, 4) is 0 Å². The van der Waals surface area contributed by atoms with Crippen molar-refractivity contribution in [3.05, 3.63) is 29.8 Å². The normalized spacial score (nSPS) is 17.5. The van der Waals surface area contributed by atoms with Gasteiger partial charge >= 0.3 is 0 Å². The number of aryl methyl sites for hydroxylation is 1. The van der Waals surface area contributed by atoms with E-state index >= 15 is 0 Å². The maximum atomic E-state index is 12.2. The molecule has 0 spiro atoms. The molecule has 0 atom stereocenters. The van der Waals surface area contributed by atoms with E-state index in [-0.39, 0.29) is 0 Å². The van der Waals surface area contributed by atoms with Gasteiger partial charge in [0.1, 0.15) is 0 Å². The molecular formula is C15H23NO2S. The molecule has 1 saturated carbocycles. The van der Waals surface area contributed by atoms with E-state index in [1.54, 1.807) is 12.1 Å². The summed E-state index contributed by atoms with van der Waals surface area (Å²) in [5.74, 6) is 0.512. The first-order valence-corrected chi connectivity index (χ1v) is 8.69. The minimum absolute atomic E-state index is 0.375. The lowest BCUT2D eigenvalue weighted by atomic mass is 9.90. The van der Waals surface area contributed by atoms with E-state index in [0.29, 0.717) is 17.4 Å². The molecule has 1 aromatic rings. The maximum absolute atomic E-state index is 12.2. The topological polar surface area (TPSA) is 46.2 Å². The van der Waals surface area contributed by atoms with E-state index in [0.717, 1.165) is 24.8 Å². The lowest BCUT2D eigenvalue weighted by Crippen LogP contribution is -2.30. The highest BCUT2D eigenvalue weighted by Gasteiger charge is 2.18. The molecular weight excluding hydrogens is 258 g/mol. The highest BCUT2D eigenvalue weighted by molar-refractivity contribution is 7.89. The van der Waals surface area contributed by atoms with Crippen molar-refractivity contribution < 1.29 is 8.42 Å². The Morgan fingerprint density at radius 2 is 1.74 bits per heavy atom. The number of nitrogens with one attached hydrogen (secondary N) is 1. The summed E-state index contributed by atoms with van der Waals surface area (Å²) in [5.41, 5.74) is 1.16. The van der Waals surface area contributed by atoms with Gasteiger partial charge in [0.15, 0.2) is 0 Å². The molecule has 1 N–H and O–H groups in total. The molecule has 19 heavy (non-hydrogen) atoms. The fourth-order valence-electron chi connectivity index (χ4n) is 2.61. The molecule has 4 heteroatoms. The van der Waals surface area contributed by atoms with E-state index in [1.807, 2.05) is 12.1 Å². The van der Waals surface area contributed by atoms with Crippen LogP contribution in [0.1, 0.15) is 44.6 Å². The lowest BCUT2D eigenvalue weighted by molar-refractivity contribution is 0.357. The molecule has 0 unspecified atom stereocenters. The van der Waals surface area contributed by atoms with E-state index in [9.17, 15) is 8.42 Å². The van der Waals surface area contributed by atoms with Crippen LogP contribution in [0, 0.1) is 5.92 Å². The zero-order valence-electron chi connectivity index (χ0n) is 11.6. The summed E-state index contributed by atoms with van der Waals surface area (Å²) in [4.78, 5) is 0.375. The van der Waals surface area contributed by atoms with Gasteiger partial charge in [-0.05, 0) is 42.9 Å². The molecule has 0 radical (unpaired) electrons. The number of sulfonamides is 1. The number of hydrogen-bond donors (Lipinski definition) is 1. The summed E-state index contributed by atoms with van der Waals surface area (Å²) in [6, 6.07) is 7.16. The Kier molecular flexibility index (Phi) is 4.99. The van der Waals surface area contributed by atoms with Gasteiger partial charge in [-0.15, -0.1) is 0 Å². The van der Waals surface area contributed by atoms with Gasteiger partial charge in [0.2, 0.25) is 10.0 Å². The molecule has 0 amide bonds. The second-order valence-corrected chi connectivity index (χ2v) is 7.12. The van der Waals surface area contributed by atoms with Gasteiger partial charge < -0.3 is 0 Å². The predicted octanol–water partition coefficient (Wildman–Crippen LogP) is 3.11. The van der Waals surface area contributed by atoms with Gasteiger partial charge in [0, 0.05) is 6.54 Å². The van der Waals surface area contributed by atoms with Crippen molar-refractivity contribution >= 4 is 10.0 Å². The van der Waals surface area contributed by atoms with Crippen molar-refractivity contribution in [3.63, 3.8) is 0 Å². The molecule has 1 aromatic carbocycles. The van der Waals surface area contributed by atoms with E-state index in [1.165, 1.54) is 19.3 Å². The monoisotopic (exact) mass is 281 g/mol.